The highest BCUT2D eigenvalue weighted by Crippen LogP contribution is 2.21. The van der Waals surface area contributed by atoms with Crippen LogP contribution in [0.25, 0.3) is 5.76 Å². The van der Waals surface area contributed by atoms with Crippen LogP contribution < -0.4 is 4.74 Å². The quantitative estimate of drug-likeness (QED) is 0.297. The lowest BCUT2D eigenvalue weighted by Gasteiger charge is -2.07. The first-order chi connectivity index (χ1) is 10.8. The molecule has 1 aromatic rings. The molecule has 128 valence electrons. The monoisotopic (exact) mass is 348 g/mol. The van der Waals surface area contributed by atoms with Crippen molar-refractivity contribution in [2.24, 2.45) is 0 Å². The number of hydrogen-bond donors (Lipinski definition) is 2. The minimum atomic E-state index is -5.00. The second-order valence-electron chi connectivity index (χ2n) is 4.90. The Morgan fingerprint density at radius 2 is 1.74 bits per heavy atom. The summed E-state index contributed by atoms with van der Waals surface area (Å²) in [5.74, 6) is -1.41. The Labute approximate surface area is 138 Å². The molecule has 0 bridgehead atoms. The molecule has 0 spiro atoms. The second-order valence-corrected chi connectivity index (χ2v) is 5.35. The summed E-state index contributed by atoms with van der Waals surface area (Å²) >= 11 is 4.13. The predicted octanol–water partition coefficient (Wildman–Crippen LogP) is 4.59. The van der Waals surface area contributed by atoms with Gasteiger partial charge in [-0.2, -0.15) is 25.8 Å². The molecule has 0 saturated carbocycles. The van der Waals surface area contributed by atoms with Crippen LogP contribution in [0.15, 0.2) is 30.3 Å². The van der Waals surface area contributed by atoms with Crippen molar-refractivity contribution in [3.8, 4) is 5.75 Å². The van der Waals surface area contributed by atoms with Crippen LogP contribution in [0.1, 0.15) is 31.2 Å². The van der Waals surface area contributed by atoms with Crippen molar-refractivity contribution in [1.82, 2.24) is 0 Å². The second kappa shape index (κ2) is 9.50. The number of hydrogen-bond acceptors (Lipinski definition) is 4. The molecule has 0 aromatic heterocycles. The summed E-state index contributed by atoms with van der Waals surface area (Å²) in [5.41, 5.74) is 0.115. The number of thiol groups is 1. The molecule has 1 N–H and O–H groups in total. The maximum atomic E-state index is 12.1. The molecule has 0 aliphatic rings. The van der Waals surface area contributed by atoms with E-state index in [1.54, 1.807) is 0 Å². The summed E-state index contributed by atoms with van der Waals surface area (Å²) in [4.78, 5) is 10.8. The maximum absolute atomic E-state index is 12.1. The van der Waals surface area contributed by atoms with E-state index in [-0.39, 0.29) is 11.6 Å². The van der Waals surface area contributed by atoms with E-state index in [0.717, 1.165) is 31.4 Å². The van der Waals surface area contributed by atoms with Crippen molar-refractivity contribution in [2.45, 2.75) is 31.9 Å². The lowest BCUT2D eigenvalue weighted by molar-refractivity contribution is -0.165. The van der Waals surface area contributed by atoms with Crippen molar-refractivity contribution in [1.29, 1.82) is 0 Å². The summed E-state index contributed by atoms with van der Waals surface area (Å²) in [6.45, 7) is 0.542. The number of aliphatic hydroxyl groups excluding tert-OH is 1. The van der Waals surface area contributed by atoms with Crippen molar-refractivity contribution < 1.29 is 27.8 Å². The molecule has 1 aromatic carbocycles. The van der Waals surface area contributed by atoms with Gasteiger partial charge in [-0.05, 0) is 42.9 Å². The van der Waals surface area contributed by atoms with Crippen LogP contribution in [0.5, 0.6) is 5.75 Å². The number of allylic oxidation sites excluding steroid dienone is 1. The third-order valence-electron chi connectivity index (χ3n) is 3.02. The fourth-order valence-corrected chi connectivity index (χ4v) is 1.99. The van der Waals surface area contributed by atoms with Gasteiger partial charge in [0.05, 0.1) is 6.61 Å². The first kappa shape index (κ1) is 19.4. The van der Waals surface area contributed by atoms with Crippen LogP contribution in [-0.2, 0) is 4.79 Å². The number of carbonyl (C=O) groups excluding carboxylic acids is 1. The van der Waals surface area contributed by atoms with Gasteiger partial charge in [0.2, 0.25) is 0 Å². The number of benzene rings is 1. The fraction of sp³-hybridized carbons (Fsp3) is 0.438. The van der Waals surface area contributed by atoms with E-state index in [4.69, 9.17) is 4.74 Å². The molecule has 0 saturated heterocycles. The Morgan fingerprint density at radius 1 is 1.13 bits per heavy atom. The predicted molar refractivity (Wildman–Crippen MR) is 85.9 cm³/mol. The third kappa shape index (κ3) is 7.45. The normalized spacial score (nSPS) is 12.3. The Bertz CT molecular complexity index is 524. The first-order valence-corrected chi connectivity index (χ1v) is 7.83. The maximum Gasteiger partial charge on any atom is 0.454 e. The first-order valence-electron chi connectivity index (χ1n) is 7.20. The zero-order valence-electron chi connectivity index (χ0n) is 12.5. The molecule has 7 heteroatoms. The molecule has 0 amide bonds. The number of aliphatic hydroxyl groups is 1. The van der Waals surface area contributed by atoms with Crippen molar-refractivity contribution in [3.05, 3.63) is 35.9 Å². The Balaban J connectivity index is 2.50. The van der Waals surface area contributed by atoms with E-state index in [0.29, 0.717) is 12.4 Å². The number of rotatable bonds is 9. The topological polar surface area (TPSA) is 46.5 Å². The highest BCUT2D eigenvalue weighted by atomic mass is 32.1. The number of halogens is 3. The molecule has 0 unspecified atom stereocenters. The Kier molecular flexibility index (Phi) is 8.02. The van der Waals surface area contributed by atoms with Gasteiger partial charge in [-0.15, -0.1) is 0 Å². The molecular weight excluding hydrogens is 329 g/mol. The van der Waals surface area contributed by atoms with Gasteiger partial charge < -0.3 is 9.84 Å². The van der Waals surface area contributed by atoms with E-state index < -0.39 is 17.7 Å². The van der Waals surface area contributed by atoms with Crippen LogP contribution in [0, 0.1) is 0 Å². The molecule has 0 heterocycles. The summed E-state index contributed by atoms with van der Waals surface area (Å²) in [5, 5.41) is 9.53. The zero-order valence-corrected chi connectivity index (χ0v) is 13.4. The lowest BCUT2D eigenvalue weighted by Crippen LogP contribution is -2.20. The molecule has 0 atom stereocenters. The molecule has 3 nitrogen and oxygen atoms in total. The third-order valence-corrected chi connectivity index (χ3v) is 3.33. The van der Waals surface area contributed by atoms with Gasteiger partial charge in [0.15, 0.2) is 0 Å². The zero-order chi connectivity index (χ0) is 17.3. The van der Waals surface area contributed by atoms with Crippen molar-refractivity contribution in [2.75, 3.05) is 12.4 Å². The van der Waals surface area contributed by atoms with Gasteiger partial charge >= 0.3 is 6.18 Å². The van der Waals surface area contributed by atoms with Gasteiger partial charge in [-0.3, -0.25) is 4.79 Å². The van der Waals surface area contributed by atoms with Gasteiger partial charge in [0.25, 0.3) is 5.78 Å². The molecule has 1 rings (SSSR count). The molecule has 0 aliphatic heterocycles. The standard InChI is InChI=1S/C16H19F3O3S/c17-16(18,19)15(21)11-14(20)12-5-7-13(8-6-12)22-9-3-1-2-4-10-23/h5-8,11,20,23H,1-4,9-10H2/b14-11-. The minimum absolute atomic E-state index is 0.115. The molecule has 0 radical (unpaired) electrons. The average molecular weight is 348 g/mol. The van der Waals surface area contributed by atoms with Crippen LogP contribution >= 0.6 is 12.6 Å². The largest absolute Gasteiger partial charge is 0.507 e. The number of alkyl halides is 3. The van der Waals surface area contributed by atoms with Crippen LogP contribution in [-0.4, -0.2) is 29.4 Å². The molecule has 0 fully saturated rings. The SMILES string of the molecule is O=C(/C=C(\O)c1ccc(OCCCCCCS)cc1)C(F)(F)F. The van der Waals surface area contributed by atoms with Crippen molar-refractivity contribution >= 4 is 24.2 Å². The van der Waals surface area contributed by atoms with Crippen LogP contribution in [0.2, 0.25) is 0 Å². The average Bonchev–Trinajstić information content (AvgIpc) is 2.50. The van der Waals surface area contributed by atoms with Gasteiger partial charge in [0.1, 0.15) is 11.5 Å². The summed E-state index contributed by atoms with van der Waals surface area (Å²) in [7, 11) is 0. The number of carbonyl (C=O) groups is 1. The Hall–Kier alpha value is -1.63. The minimum Gasteiger partial charge on any atom is -0.507 e. The van der Waals surface area contributed by atoms with Crippen LogP contribution in [0.3, 0.4) is 0 Å². The number of unbranched alkanes of at least 4 members (excludes halogenated alkanes) is 3. The molecular formula is C16H19F3O3S. The van der Waals surface area contributed by atoms with Gasteiger partial charge in [-0.1, -0.05) is 12.8 Å². The van der Waals surface area contributed by atoms with E-state index in [1.165, 1.54) is 24.3 Å². The number of ketones is 1. The Morgan fingerprint density at radius 3 is 2.30 bits per heavy atom. The smallest absolute Gasteiger partial charge is 0.454 e. The van der Waals surface area contributed by atoms with E-state index in [9.17, 15) is 23.1 Å². The lowest BCUT2D eigenvalue weighted by atomic mass is 10.1. The summed E-state index contributed by atoms with van der Waals surface area (Å²) in [6.07, 6.45) is -0.721. The van der Waals surface area contributed by atoms with E-state index >= 15 is 0 Å². The van der Waals surface area contributed by atoms with Crippen LogP contribution in [0.4, 0.5) is 13.2 Å². The van der Waals surface area contributed by atoms with E-state index in [2.05, 4.69) is 12.6 Å². The highest BCUT2D eigenvalue weighted by molar-refractivity contribution is 7.80. The summed E-state index contributed by atoms with van der Waals surface area (Å²) < 4.78 is 41.8. The fourth-order valence-electron chi connectivity index (χ4n) is 1.77. The van der Waals surface area contributed by atoms with Gasteiger partial charge in [-0.25, -0.2) is 0 Å². The highest BCUT2D eigenvalue weighted by Gasteiger charge is 2.36. The number of ether oxygens (including phenoxy) is 1. The van der Waals surface area contributed by atoms with Gasteiger partial charge in [0, 0.05) is 11.6 Å². The molecule has 23 heavy (non-hydrogen) atoms. The molecule has 0 aliphatic carbocycles. The summed E-state index contributed by atoms with van der Waals surface area (Å²) in [6, 6.07) is 5.85. The van der Waals surface area contributed by atoms with Crippen molar-refractivity contribution in [3.63, 3.8) is 0 Å². The van der Waals surface area contributed by atoms with E-state index in [1.807, 2.05) is 0 Å².